The maximum Gasteiger partial charge on any atom is 0.270 e. The molecule has 8 aliphatic carbocycles. The van der Waals surface area contributed by atoms with Crippen molar-refractivity contribution in [2.45, 2.75) is 408 Å². The van der Waals surface area contributed by atoms with Crippen LogP contribution in [0.3, 0.4) is 0 Å². The maximum atomic E-state index is 14.8. The number of benzene rings is 8. The molecule has 14 atom stereocenters. The van der Waals surface area contributed by atoms with Crippen molar-refractivity contribution < 1.29 is 31.8 Å². The highest BCUT2D eigenvalue weighted by Crippen LogP contribution is 2.60. The van der Waals surface area contributed by atoms with Crippen LogP contribution in [0.5, 0.6) is 0 Å². The van der Waals surface area contributed by atoms with E-state index in [2.05, 4.69) is 298 Å². The molecule has 19 rings (SSSR count). The van der Waals surface area contributed by atoms with E-state index < -0.39 is 22.9 Å². The standard InChI is InChI=1S/C18H27NO.C17H25NO.C17H27N.C16H23F2N.C16H23NO.C16H25N.C15H23N.C14H19F2N/c1-3-19(4-2)18(16-10-6-5-7-11-16)13-9-8-12-17(18)14-15-20-17;1-3-18-17(15-9-5-4-8-14(15)2)11-7-6-10-16(17)12-13-19-16;1-4-18(5-2)17(14-10-9-11-15(17)3)16-12-7-6-8-13-16;1-3-19(4-2)15(14-10-6-5-7-11-14)12-8-9-13-16(15,17)18;1-13-7-3-4-8-14(13)16(17-2)10-6-5-9-15(16)11-12-18-15;1-4-17-16(12-8-7-10-14(16)3)15-11-6-5-9-13(15)2;1-12-8-4-5-10-14(12)15(16-3)11-7-6-9-13(15)2;1-11-7-3-4-8-12(11)13(17-2)9-5-6-10-14(13,15)16/h5-7,10-11H,3-4,8-9,12-15H2,1-2H3;4-5,8-9,18H,3,6-7,10-13H2,1-2H3;6-8,12-13,15H,4-5,9-11,14H2,1-3H3;5-7,10-11H,3-4,8-9,12-13H2,1-2H3;3-4,7-8,17H,5-6,9-12H2,1-2H3;5-6,9,11,14,17H,4,7-8,10,12H2,1-3H3;4-5,8,10,13,16H,6-7,9,11H2,1-3H3;3-4,7-8,17H,5-6,9-10H2,1-2H3/t17?,18-;16?,17-;15?,17-;15-;15?,16-;14?,16-;13?,15-;13-/m11011001/s1. The second-order valence-corrected chi connectivity index (χ2v) is 44.5. The lowest BCUT2D eigenvalue weighted by Crippen LogP contribution is -2.68. The van der Waals surface area contributed by atoms with Crippen LogP contribution in [-0.4, -0.2) is 137 Å². The van der Waals surface area contributed by atoms with Gasteiger partial charge in [-0.15, -0.1) is 0 Å². The number of nitrogens with one attached hydrogen (secondary N) is 5. The van der Waals surface area contributed by atoms with Crippen LogP contribution in [0.4, 0.5) is 17.6 Å². The summed E-state index contributed by atoms with van der Waals surface area (Å²) in [7, 11) is 5.86. The molecule has 0 amide bonds. The minimum atomic E-state index is -2.67. The highest BCUT2D eigenvalue weighted by Gasteiger charge is 2.64. The summed E-state index contributed by atoms with van der Waals surface area (Å²) in [6.45, 7) is 46.3. The monoisotopic (exact) mass is 1980 g/mol. The van der Waals surface area contributed by atoms with Crippen LogP contribution in [0.15, 0.2) is 212 Å². The lowest BCUT2D eigenvalue weighted by atomic mass is 9.61. The summed E-state index contributed by atoms with van der Waals surface area (Å²) in [5.74, 6) is -3.11. The largest absolute Gasteiger partial charge is 0.373 e. The van der Waals surface area contributed by atoms with Crippen molar-refractivity contribution >= 4 is 0 Å². The summed E-state index contributed by atoms with van der Waals surface area (Å²) in [5.41, 5.74) is 15.7. The van der Waals surface area contributed by atoms with Crippen molar-refractivity contribution in [1.82, 2.24) is 41.3 Å². The van der Waals surface area contributed by atoms with Gasteiger partial charge in [0, 0.05) is 48.7 Å². The number of alkyl halides is 4. The molecule has 8 aromatic carbocycles. The zero-order valence-corrected chi connectivity index (χ0v) is 93.0. The molecule has 11 fully saturated rings. The Balaban J connectivity index is 0.000000147. The summed E-state index contributed by atoms with van der Waals surface area (Å²) in [5, 5.41) is 17.8. The van der Waals surface area contributed by atoms with E-state index in [0.29, 0.717) is 38.8 Å². The summed E-state index contributed by atoms with van der Waals surface area (Å²) in [4.78, 5) is 7.29. The number of hydrogen-bond donors (Lipinski definition) is 5. The fourth-order valence-corrected chi connectivity index (χ4v) is 30.1. The average Bonchev–Trinajstić information content (AvgIpc) is 0.669. The Morgan fingerprint density at radius 2 is 0.562 bits per heavy atom. The number of hydrogen-bond acceptors (Lipinski definition) is 11. The minimum absolute atomic E-state index is 0.00159. The lowest BCUT2D eigenvalue weighted by Gasteiger charge is -2.62. The van der Waals surface area contributed by atoms with E-state index in [9.17, 15) is 17.6 Å². The van der Waals surface area contributed by atoms with Crippen molar-refractivity contribution in [3.63, 3.8) is 0 Å². The number of rotatable bonds is 24. The van der Waals surface area contributed by atoms with Gasteiger partial charge in [0.1, 0.15) is 11.1 Å². The Hall–Kier alpha value is -6.96. The van der Waals surface area contributed by atoms with Crippen LogP contribution >= 0.6 is 0 Å². The summed E-state index contributed by atoms with van der Waals surface area (Å²) in [6, 6.07) is 74.4. The molecular formula is C129H192F4N8O3. The van der Waals surface area contributed by atoms with Crippen molar-refractivity contribution in [3.05, 3.63) is 285 Å². The Kier molecular flexibility index (Phi) is 42.3. The molecule has 3 aliphatic heterocycles. The van der Waals surface area contributed by atoms with Gasteiger partial charge in [-0.1, -0.05) is 378 Å². The zero-order chi connectivity index (χ0) is 103. The third-order valence-corrected chi connectivity index (χ3v) is 37.8. The number of aryl methyl sites for hydroxylation is 5. The first-order chi connectivity index (χ1) is 69.5. The van der Waals surface area contributed by atoms with E-state index in [1.54, 1.807) is 7.05 Å². The molecule has 0 bridgehead atoms. The van der Waals surface area contributed by atoms with Gasteiger partial charge in [-0.2, -0.15) is 0 Å². The van der Waals surface area contributed by atoms with E-state index in [-0.39, 0.29) is 62.9 Å². The molecule has 11 aliphatic rings. The zero-order valence-electron chi connectivity index (χ0n) is 93.0. The first-order valence-corrected chi connectivity index (χ1v) is 57.5. The third kappa shape index (κ3) is 23.2. The molecule has 3 saturated heterocycles. The molecule has 11 nitrogen and oxygen atoms in total. The predicted octanol–water partition coefficient (Wildman–Crippen LogP) is 30.7. The molecule has 0 radical (unpaired) electrons. The van der Waals surface area contributed by atoms with Gasteiger partial charge in [-0.3, -0.25) is 14.7 Å². The highest BCUT2D eigenvalue weighted by atomic mass is 19.3. The van der Waals surface area contributed by atoms with Crippen molar-refractivity contribution in [1.29, 1.82) is 0 Å². The van der Waals surface area contributed by atoms with Gasteiger partial charge in [-0.25, -0.2) is 17.6 Å². The Morgan fingerprint density at radius 3 is 0.938 bits per heavy atom. The fourth-order valence-electron chi connectivity index (χ4n) is 30.1. The van der Waals surface area contributed by atoms with Gasteiger partial charge in [0.25, 0.3) is 11.8 Å². The first-order valence-electron chi connectivity index (χ1n) is 57.5. The van der Waals surface area contributed by atoms with Crippen LogP contribution in [0.25, 0.3) is 0 Å². The number of likely N-dealkylation sites (N-methyl/N-ethyl adjacent to an activating group) is 3. The predicted molar refractivity (Wildman–Crippen MR) is 597 cm³/mol. The van der Waals surface area contributed by atoms with Crippen molar-refractivity contribution in [2.75, 3.05) is 93.3 Å². The van der Waals surface area contributed by atoms with Gasteiger partial charge in [-0.05, 0) is 301 Å². The van der Waals surface area contributed by atoms with E-state index in [1.165, 1.54) is 229 Å². The van der Waals surface area contributed by atoms with E-state index in [0.717, 1.165) is 106 Å². The second kappa shape index (κ2) is 52.7. The van der Waals surface area contributed by atoms with E-state index in [1.807, 2.05) is 80.3 Å². The van der Waals surface area contributed by atoms with E-state index >= 15 is 0 Å². The molecule has 6 unspecified atom stereocenters. The molecule has 8 aromatic rings. The average molecular weight is 1980 g/mol. The van der Waals surface area contributed by atoms with Crippen molar-refractivity contribution in [3.8, 4) is 0 Å². The van der Waals surface area contributed by atoms with E-state index in [4.69, 9.17) is 14.2 Å². The molecule has 794 valence electrons. The van der Waals surface area contributed by atoms with Crippen LogP contribution in [0, 0.1) is 52.4 Å². The van der Waals surface area contributed by atoms with Gasteiger partial charge < -0.3 is 40.8 Å². The smallest absolute Gasteiger partial charge is 0.270 e. The molecule has 15 heteroatoms. The SMILES string of the molecule is CCN(CC)[C@@]1(c2ccccc2)CCCCC1(F)F.CCN(CC)[C@@]1(c2ccccc2)CCCCC12CCO2.CCN(CC)[C@@]1(c2ccccc2)CCCCC1C.CCN[C@@]1(c2ccccc2C)CCCCC12CCO2.CCN[C@@]1(c2ccccc2C)CCCCC1C.CN[C@@]1(c2ccccc2C)CCCCC1(F)F.CN[C@@]1(c2ccccc2C)CCCCC12CCO2.CN[C@@]1(c2ccccc2C)CCCCC1C. The van der Waals surface area contributed by atoms with Gasteiger partial charge in [0.05, 0.1) is 53.2 Å². The molecule has 0 aromatic heterocycles. The van der Waals surface area contributed by atoms with Crippen LogP contribution < -0.4 is 26.6 Å². The molecular weight excluding hydrogens is 1790 g/mol. The van der Waals surface area contributed by atoms with Gasteiger partial charge >= 0.3 is 0 Å². The Bertz CT molecular complexity index is 5110. The van der Waals surface area contributed by atoms with Crippen LogP contribution in [0.1, 0.15) is 373 Å². The maximum absolute atomic E-state index is 14.8. The Labute approximate surface area is 871 Å². The quantitative estimate of drug-likeness (QED) is 0.0374. The first kappa shape index (κ1) is 116. The topological polar surface area (TPSA) is 97.6 Å². The molecule has 5 N–H and O–H groups in total. The summed E-state index contributed by atoms with van der Waals surface area (Å²) < 4.78 is 76.8. The third-order valence-electron chi connectivity index (χ3n) is 37.8. The second-order valence-electron chi connectivity index (χ2n) is 44.5. The normalized spacial score (nSPS) is 30.8. The summed E-state index contributed by atoms with van der Waals surface area (Å²) >= 11 is 0. The number of halogens is 4. The molecule has 3 heterocycles. The van der Waals surface area contributed by atoms with Gasteiger partial charge in [0.15, 0.2) is 0 Å². The van der Waals surface area contributed by atoms with Crippen LogP contribution in [-0.2, 0) is 58.5 Å². The molecule has 3 spiro atoms. The fraction of sp³-hybridized carbons (Fsp3) is 0.628. The number of nitrogens with zero attached hydrogens (tertiary/aromatic N) is 3. The summed E-state index contributed by atoms with van der Waals surface area (Å²) in [6.07, 6.45) is 38.9. The lowest BCUT2D eigenvalue weighted by molar-refractivity contribution is -0.249. The minimum Gasteiger partial charge on any atom is -0.373 e. The molecule has 144 heavy (non-hydrogen) atoms. The van der Waals surface area contributed by atoms with Gasteiger partial charge in [0.2, 0.25) is 0 Å². The van der Waals surface area contributed by atoms with Crippen molar-refractivity contribution in [2.24, 2.45) is 17.8 Å². The Morgan fingerprint density at radius 1 is 0.264 bits per heavy atom. The number of ether oxygens (including phenoxy) is 3. The highest BCUT2D eigenvalue weighted by molar-refractivity contribution is 5.43. The van der Waals surface area contributed by atoms with Crippen LogP contribution in [0.2, 0.25) is 0 Å². The molecule has 8 saturated carbocycles.